The molecule has 1 aliphatic heterocycles. The summed E-state index contributed by atoms with van der Waals surface area (Å²) < 4.78 is 26.5. The number of nitrogens with zero attached hydrogens (tertiary/aromatic N) is 1. The van der Waals surface area contributed by atoms with Gasteiger partial charge in [-0.25, -0.2) is 8.42 Å². The van der Waals surface area contributed by atoms with Crippen molar-refractivity contribution in [3.05, 3.63) is 42.0 Å². The number of aliphatic hydroxyl groups is 1. The Morgan fingerprint density at radius 1 is 1.30 bits per heavy atom. The van der Waals surface area contributed by atoms with E-state index in [1.54, 1.807) is 38.1 Å². The number of hydrogen-bond acceptors (Lipinski definition) is 3. The van der Waals surface area contributed by atoms with Gasteiger partial charge in [0.1, 0.15) is 0 Å². The predicted molar refractivity (Wildman–Crippen MR) is 78.9 cm³/mol. The lowest BCUT2D eigenvalue weighted by molar-refractivity contribution is 0.0368. The largest absolute Gasteiger partial charge is 0.390 e. The summed E-state index contributed by atoms with van der Waals surface area (Å²) in [6.45, 7) is 9.74. The van der Waals surface area contributed by atoms with Crippen LogP contribution in [-0.2, 0) is 10.0 Å². The highest BCUT2D eigenvalue weighted by molar-refractivity contribution is 7.89. The second kappa shape index (κ2) is 4.98. The number of hydrogen-bond donors (Lipinski definition) is 1. The molecule has 0 radical (unpaired) electrons. The smallest absolute Gasteiger partial charge is 0.243 e. The quantitative estimate of drug-likeness (QED) is 0.867. The van der Waals surface area contributed by atoms with Crippen LogP contribution in [0.1, 0.15) is 19.4 Å². The van der Waals surface area contributed by atoms with E-state index in [1.807, 2.05) is 6.92 Å². The predicted octanol–water partition coefficient (Wildman–Crippen LogP) is 1.94. The van der Waals surface area contributed by atoms with Crippen LogP contribution in [-0.4, -0.2) is 36.5 Å². The van der Waals surface area contributed by atoms with Gasteiger partial charge in [0, 0.05) is 19.0 Å². The summed E-state index contributed by atoms with van der Waals surface area (Å²) in [6, 6.07) is 6.80. The highest BCUT2D eigenvalue weighted by Gasteiger charge is 2.41. The Kier molecular flexibility index (Phi) is 3.79. The van der Waals surface area contributed by atoms with Crippen LogP contribution in [0.4, 0.5) is 0 Å². The first-order chi connectivity index (χ1) is 9.12. The Hall–Kier alpha value is -1.17. The molecule has 1 atom stereocenters. The normalized spacial score (nSPS) is 21.4. The lowest BCUT2D eigenvalue weighted by Gasteiger charge is -2.26. The Morgan fingerprint density at radius 2 is 1.85 bits per heavy atom. The van der Waals surface area contributed by atoms with Gasteiger partial charge >= 0.3 is 0 Å². The van der Waals surface area contributed by atoms with Gasteiger partial charge in [-0.2, -0.15) is 4.31 Å². The van der Waals surface area contributed by atoms with E-state index in [1.165, 1.54) is 4.31 Å². The van der Waals surface area contributed by atoms with Gasteiger partial charge in [-0.05, 0) is 32.9 Å². The van der Waals surface area contributed by atoms with E-state index < -0.39 is 15.6 Å². The fraction of sp³-hybridized carbons (Fsp3) is 0.467. The monoisotopic (exact) mass is 295 g/mol. The van der Waals surface area contributed by atoms with Gasteiger partial charge in [-0.3, -0.25) is 0 Å². The summed E-state index contributed by atoms with van der Waals surface area (Å²) in [5.41, 5.74) is 0.812. The van der Waals surface area contributed by atoms with Gasteiger partial charge in [-0.1, -0.05) is 29.8 Å². The minimum Gasteiger partial charge on any atom is -0.390 e. The topological polar surface area (TPSA) is 57.6 Å². The van der Waals surface area contributed by atoms with Crippen LogP contribution in [0.5, 0.6) is 0 Å². The standard InChI is InChI=1S/C15H21NO3S/c1-11-5-7-13(8-6-11)20(18,19)16-9-12(2)14(10-16)15(3,4)17/h5-8,14,17H,2,9-10H2,1,3-4H3/t14-/m1/s1. The molecule has 0 aliphatic carbocycles. The fourth-order valence-corrected chi connectivity index (χ4v) is 3.96. The van der Waals surface area contributed by atoms with Crippen molar-refractivity contribution >= 4 is 10.0 Å². The number of aryl methyl sites for hydroxylation is 1. The summed E-state index contributed by atoms with van der Waals surface area (Å²) in [5.74, 6) is -0.234. The van der Waals surface area contributed by atoms with Gasteiger partial charge in [0.25, 0.3) is 0 Å². The molecule has 0 spiro atoms. The van der Waals surface area contributed by atoms with Gasteiger partial charge in [0.15, 0.2) is 0 Å². The molecule has 1 saturated heterocycles. The van der Waals surface area contributed by atoms with Gasteiger partial charge in [-0.15, -0.1) is 0 Å². The molecule has 20 heavy (non-hydrogen) atoms. The van der Waals surface area contributed by atoms with E-state index in [0.717, 1.165) is 11.1 Å². The molecule has 1 heterocycles. The zero-order chi connectivity index (χ0) is 15.1. The van der Waals surface area contributed by atoms with Crippen LogP contribution in [0.3, 0.4) is 0 Å². The SMILES string of the molecule is C=C1CN(S(=O)(=O)c2ccc(C)cc2)C[C@H]1C(C)(C)O. The third-order valence-corrected chi connectivity index (χ3v) is 5.60. The number of rotatable bonds is 3. The maximum atomic E-state index is 12.6. The summed E-state index contributed by atoms with van der Waals surface area (Å²) in [7, 11) is -3.52. The minimum atomic E-state index is -3.52. The van der Waals surface area contributed by atoms with E-state index in [0.29, 0.717) is 0 Å². The third-order valence-electron chi connectivity index (χ3n) is 3.77. The zero-order valence-electron chi connectivity index (χ0n) is 12.1. The Balaban J connectivity index is 2.29. The van der Waals surface area contributed by atoms with Crippen LogP contribution in [0.25, 0.3) is 0 Å². The summed E-state index contributed by atoms with van der Waals surface area (Å²) in [6.07, 6.45) is 0. The zero-order valence-corrected chi connectivity index (χ0v) is 12.9. The van der Waals surface area contributed by atoms with Gasteiger partial charge in [0.2, 0.25) is 10.0 Å². The molecule has 1 aliphatic rings. The fourth-order valence-electron chi connectivity index (χ4n) is 2.50. The molecule has 1 fully saturated rings. The van der Waals surface area contributed by atoms with Crippen molar-refractivity contribution in [1.82, 2.24) is 4.31 Å². The van der Waals surface area contributed by atoms with Crippen LogP contribution < -0.4 is 0 Å². The summed E-state index contributed by atoms with van der Waals surface area (Å²) in [5, 5.41) is 10.1. The average Bonchev–Trinajstić information content (AvgIpc) is 2.72. The molecule has 0 saturated carbocycles. The second-order valence-corrected chi connectivity index (χ2v) is 7.91. The molecule has 0 aromatic heterocycles. The van der Waals surface area contributed by atoms with Crippen LogP contribution in [0.15, 0.2) is 41.3 Å². The first-order valence-electron chi connectivity index (χ1n) is 6.59. The highest BCUT2D eigenvalue weighted by atomic mass is 32.2. The van der Waals surface area contributed by atoms with Crippen LogP contribution in [0, 0.1) is 12.8 Å². The Labute approximate surface area is 120 Å². The van der Waals surface area contributed by atoms with Crippen LogP contribution >= 0.6 is 0 Å². The Morgan fingerprint density at radius 3 is 2.30 bits per heavy atom. The highest BCUT2D eigenvalue weighted by Crippen LogP contribution is 2.33. The maximum Gasteiger partial charge on any atom is 0.243 e. The molecule has 0 unspecified atom stereocenters. The maximum absolute atomic E-state index is 12.6. The third kappa shape index (κ3) is 2.80. The van der Waals surface area contributed by atoms with E-state index in [9.17, 15) is 13.5 Å². The Bertz CT molecular complexity index is 612. The average molecular weight is 295 g/mol. The van der Waals surface area contributed by atoms with Gasteiger partial charge < -0.3 is 5.11 Å². The molecule has 1 aromatic rings. The van der Waals surface area contributed by atoms with Crippen molar-refractivity contribution in [2.24, 2.45) is 5.92 Å². The number of sulfonamides is 1. The molecule has 5 heteroatoms. The van der Waals surface area contributed by atoms with Gasteiger partial charge in [0.05, 0.1) is 10.5 Å². The van der Waals surface area contributed by atoms with Crippen molar-refractivity contribution in [2.45, 2.75) is 31.3 Å². The molecule has 4 nitrogen and oxygen atoms in total. The summed E-state index contributed by atoms with van der Waals surface area (Å²) >= 11 is 0. The molecule has 1 aromatic carbocycles. The van der Waals surface area contributed by atoms with Crippen molar-refractivity contribution < 1.29 is 13.5 Å². The minimum absolute atomic E-state index is 0.234. The lowest BCUT2D eigenvalue weighted by atomic mass is 9.88. The molecular weight excluding hydrogens is 274 g/mol. The van der Waals surface area contributed by atoms with Crippen molar-refractivity contribution in [1.29, 1.82) is 0 Å². The van der Waals surface area contributed by atoms with Crippen molar-refractivity contribution in [3.63, 3.8) is 0 Å². The molecule has 1 N–H and O–H groups in total. The summed E-state index contributed by atoms with van der Waals surface area (Å²) in [4.78, 5) is 0.285. The van der Waals surface area contributed by atoms with Crippen LogP contribution in [0.2, 0.25) is 0 Å². The molecule has 0 amide bonds. The van der Waals surface area contributed by atoms with E-state index in [4.69, 9.17) is 0 Å². The lowest BCUT2D eigenvalue weighted by Crippen LogP contribution is -2.35. The van der Waals surface area contributed by atoms with E-state index in [-0.39, 0.29) is 23.9 Å². The second-order valence-electron chi connectivity index (χ2n) is 5.98. The molecule has 110 valence electrons. The molecule has 2 rings (SSSR count). The van der Waals surface area contributed by atoms with Crippen molar-refractivity contribution in [3.8, 4) is 0 Å². The molecular formula is C15H21NO3S. The van der Waals surface area contributed by atoms with Crippen molar-refractivity contribution in [2.75, 3.05) is 13.1 Å². The number of benzene rings is 1. The van der Waals surface area contributed by atoms with E-state index >= 15 is 0 Å². The first kappa shape index (κ1) is 15.2. The van der Waals surface area contributed by atoms with E-state index in [2.05, 4.69) is 6.58 Å². The first-order valence-corrected chi connectivity index (χ1v) is 8.03. The molecule has 0 bridgehead atoms.